The molecule has 0 aliphatic carbocycles. The summed E-state index contributed by atoms with van der Waals surface area (Å²) in [6, 6.07) is 20.6. The lowest BCUT2D eigenvalue weighted by molar-refractivity contribution is 0.0942. The van der Waals surface area contributed by atoms with Crippen molar-refractivity contribution in [1.29, 1.82) is 0 Å². The molecule has 0 aliphatic rings. The van der Waals surface area contributed by atoms with Gasteiger partial charge in [0.05, 0.1) is 35.1 Å². The first-order chi connectivity index (χ1) is 22.3. The zero-order valence-corrected chi connectivity index (χ0v) is 28.4. The van der Waals surface area contributed by atoms with Crippen LogP contribution in [0.4, 0.5) is 0 Å². The van der Waals surface area contributed by atoms with Gasteiger partial charge >= 0.3 is 0 Å². The van der Waals surface area contributed by atoms with Gasteiger partial charge < -0.3 is 20.1 Å². The minimum Gasteiger partial charge on any atom is -0.496 e. The summed E-state index contributed by atoms with van der Waals surface area (Å²) in [5.41, 5.74) is 1.98. The molecule has 2 amide bonds. The zero-order valence-electron chi connectivity index (χ0n) is 25.2. The van der Waals surface area contributed by atoms with Crippen molar-refractivity contribution in [2.45, 2.75) is 22.6 Å². The molecule has 15 heteroatoms. The van der Waals surface area contributed by atoms with Crippen molar-refractivity contribution in [3.8, 4) is 11.5 Å². The molecule has 0 atom stereocenters. The minimum absolute atomic E-state index is 0.242. The van der Waals surface area contributed by atoms with Gasteiger partial charge in [-0.05, 0) is 84.6 Å². The fourth-order valence-corrected chi connectivity index (χ4v) is 7.72. The maximum atomic E-state index is 12.9. The van der Waals surface area contributed by atoms with E-state index in [1.165, 1.54) is 74.9 Å². The summed E-state index contributed by atoms with van der Waals surface area (Å²) in [5, 5.41) is 6.29. The number of halogens is 2. The van der Waals surface area contributed by atoms with Gasteiger partial charge in [-0.1, -0.05) is 47.5 Å². The van der Waals surface area contributed by atoms with Crippen LogP contribution in [-0.4, -0.2) is 56.0 Å². The Morgan fingerprint density at radius 2 is 0.957 bits per heavy atom. The molecule has 0 aliphatic heterocycles. The van der Waals surface area contributed by atoms with Crippen LogP contribution in [0.1, 0.15) is 31.8 Å². The summed E-state index contributed by atoms with van der Waals surface area (Å²) in [7, 11) is -5.98. The van der Waals surface area contributed by atoms with Crippen molar-refractivity contribution < 1.29 is 35.9 Å². The second-order valence-electron chi connectivity index (χ2n) is 10.1. The number of nitrogens with one attached hydrogen (secondary N) is 3. The van der Waals surface area contributed by atoms with E-state index in [9.17, 15) is 26.4 Å². The number of carbonyl (C=O) groups is 2. The number of methoxy groups -OCH3 is 2. The lowest BCUT2D eigenvalue weighted by Crippen LogP contribution is -2.30. The average Bonchev–Trinajstić information content (AvgIpc) is 3.04. The van der Waals surface area contributed by atoms with Gasteiger partial charge in [0, 0.05) is 23.1 Å². The third-order valence-electron chi connectivity index (χ3n) is 6.90. The number of benzene rings is 4. The Labute approximate surface area is 283 Å². The second-order valence-corrected chi connectivity index (χ2v) is 14.6. The lowest BCUT2D eigenvalue weighted by Gasteiger charge is -2.11. The van der Waals surface area contributed by atoms with E-state index in [0.29, 0.717) is 45.5 Å². The largest absolute Gasteiger partial charge is 0.496 e. The highest BCUT2D eigenvalue weighted by Gasteiger charge is 2.24. The van der Waals surface area contributed by atoms with Crippen LogP contribution in [0.15, 0.2) is 94.7 Å². The number of ether oxygens (including phenoxy) is 2. The number of amides is 2. The van der Waals surface area contributed by atoms with Crippen molar-refractivity contribution in [3.05, 3.63) is 117 Å². The van der Waals surface area contributed by atoms with Crippen LogP contribution in [0.5, 0.6) is 11.5 Å². The van der Waals surface area contributed by atoms with E-state index in [-0.39, 0.29) is 45.8 Å². The molecule has 4 aromatic carbocycles. The van der Waals surface area contributed by atoms with Crippen LogP contribution in [-0.2, 0) is 32.9 Å². The first kappa shape index (κ1) is 35.7. The lowest BCUT2D eigenvalue weighted by atomic mass is 10.1. The first-order valence-electron chi connectivity index (χ1n) is 14.0. The van der Waals surface area contributed by atoms with E-state index in [1.54, 1.807) is 28.4 Å². The van der Waals surface area contributed by atoms with Crippen molar-refractivity contribution in [2.75, 3.05) is 27.3 Å². The molecule has 0 aromatic heterocycles. The van der Waals surface area contributed by atoms with Gasteiger partial charge in [-0.2, -0.15) is 0 Å². The molecular formula is C32H31Cl2N3O8S2. The predicted octanol–water partition coefficient (Wildman–Crippen LogP) is 4.62. The van der Waals surface area contributed by atoms with Gasteiger partial charge in [-0.15, -0.1) is 4.13 Å². The van der Waals surface area contributed by atoms with Crippen LogP contribution >= 0.6 is 23.2 Å². The van der Waals surface area contributed by atoms with Crippen LogP contribution in [0.25, 0.3) is 0 Å². The van der Waals surface area contributed by atoms with Crippen LogP contribution in [0.3, 0.4) is 0 Å². The number of hydrogen-bond donors (Lipinski definition) is 3. The van der Waals surface area contributed by atoms with E-state index < -0.39 is 20.0 Å². The van der Waals surface area contributed by atoms with E-state index >= 15 is 0 Å². The fourth-order valence-electron chi connectivity index (χ4n) is 4.46. The molecule has 0 radical (unpaired) electrons. The Balaban J connectivity index is 1.30. The van der Waals surface area contributed by atoms with Crippen molar-refractivity contribution in [1.82, 2.24) is 14.8 Å². The fraction of sp³-hybridized carbons (Fsp3) is 0.188. The Kier molecular flexibility index (Phi) is 11.9. The normalized spacial score (nSPS) is 11.5. The van der Waals surface area contributed by atoms with Gasteiger partial charge in [-0.25, -0.2) is 16.8 Å². The Bertz CT molecular complexity index is 1830. The molecule has 0 bridgehead atoms. The van der Waals surface area contributed by atoms with E-state index in [1.807, 2.05) is 0 Å². The third-order valence-corrected chi connectivity index (χ3v) is 10.9. The minimum atomic E-state index is -4.43. The number of hydrogen-bond acceptors (Lipinski definition) is 8. The molecular weight excluding hydrogens is 689 g/mol. The van der Waals surface area contributed by atoms with Gasteiger partial charge in [0.1, 0.15) is 11.5 Å². The van der Waals surface area contributed by atoms with E-state index in [0.717, 1.165) is 0 Å². The van der Waals surface area contributed by atoms with Gasteiger partial charge in [0.25, 0.3) is 31.9 Å². The molecule has 248 valence electrons. The number of sulfonamides is 2. The van der Waals surface area contributed by atoms with Crippen molar-refractivity contribution >= 4 is 55.1 Å². The summed E-state index contributed by atoms with van der Waals surface area (Å²) >= 11 is 12.0. The van der Waals surface area contributed by atoms with E-state index in [4.69, 9.17) is 32.7 Å². The molecule has 0 saturated carbocycles. The Morgan fingerprint density at radius 1 is 0.596 bits per heavy atom. The molecule has 4 aromatic rings. The molecule has 3 N–H and O–H groups in total. The first-order valence-corrected chi connectivity index (χ1v) is 17.7. The van der Waals surface area contributed by atoms with Gasteiger partial charge in [0.2, 0.25) is 0 Å². The molecule has 0 fully saturated rings. The number of carbonyl (C=O) groups excluding carboxylic acids is 2. The third kappa shape index (κ3) is 9.46. The van der Waals surface area contributed by atoms with Crippen LogP contribution < -0.4 is 24.2 Å². The Hall–Kier alpha value is -4.14. The summed E-state index contributed by atoms with van der Waals surface area (Å²) in [4.78, 5) is 24.6. The molecule has 0 heterocycles. The molecule has 0 unspecified atom stereocenters. The number of rotatable bonds is 14. The Morgan fingerprint density at radius 3 is 1.30 bits per heavy atom. The van der Waals surface area contributed by atoms with Gasteiger partial charge in [0.15, 0.2) is 0 Å². The highest BCUT2D eigenvalue weighted by Crippen LogP contribution is 2.24. The molecule has 11 nitrogen and oxygen atoms in total. The zero-order chi connectivity index (χ0) is 34.2. The maximum Gasteiger partial charge on any atom is 0.255 e. The van der Waals surface area contributed by atoms with Crippen LogP contribution in [0, 0.1) is 0 Å². The summed E-state index contributed by atoms with van der Waals surface area (Å²) in [6.45, 7) is 0.485. The molecule has 0 spiro atoms. The maximum absolute atomic E-state index is 12.9. The molecule has 47 heavy (non-hydrogen) atoms. The van der Waals surface area contributed by atoms with Crippen LogP contribution in [0.2, 0.25) is 10.0 Å². The smallest absolute Gasteiger partial charge is 0.255 e. The predicted molar refractivity (Wildman–Crippen MR) is 178 cm³/mol. The highest BCUT2D eigenvalue weighted by molar-refractivity contribution is 8.04. The standard InChI is InChI=1S/C32H31Cl2N3O8S2/c1-44-29-13-7-23(33)19-27(29)31(38)35-17-15-21-3-9-25(10-4-21)46(40,41)37-47(42,43)26-11-5-22(6-12-26)16-18-36-32(39)28-20-24(34)8-14-30(28)45-2/h3-14,19-20,37H,15-18H2,1-2H3,(H,35,38)(H,36,39). The quantitative estimate of drug-likeness (QED) is 0.170. The monoisotopic (exact) mass is 719 g/mol. The topological polar surface area (TPSA) is 157 Å². The van der Waals surface area contributed by atoms with Crippen molar-refractivity contribution in [2.24, 2.45) is 0 Å². The average molecular weight is 721 g/mol. The van der Waals surface area contributed by atoms with Gasteiger partial charge in [-0.3, -0.25) is 9.59 Å². The highest BCUT2D eigenvalue weighted by atomic mass is 35.5. The summed E-state index contributed by atoms with van der Waals surface area (Å²) in [6.07, 6.45) is 0.761. The molecule has 0 saturated heterocycles. The van der Waals surface area contributed by atoms with Crippen molar-refractivity contribution in [3.63, 3.8) is 0 Å². The SMILES string of the molecule is COc1ccc(Cl)cc1C(=O)NCCc1ccc(S(=O)(=O)NS(=O)(=O)c2ccc(CCNC(=O)c3cc(Cl)ccc3OC)cc2)cc1. The molecule has 4 rings (SSSR count). The van der Waals surface area contributed by atoms with E-state index in [2.05, 4.69) is 10.6 Å². The second kappa shape index (κ2) is 15.6. The summed E-state index contributed by atoms with van der Waals surface area (Å²) < 4.78 is 63.8. The summed E-state index contributed by atoms with van der Waals surface area (Å²) in [5.74, 6) is -0.0184.